The molecule has 50 heavy (non-hydrogen) atoms. The maximum Gasteiger partial charge on any atom is 0.135 e. The molecule has 2 heteroatoms. The summed E-state index contributed by atoms with van der Waals surface area (Å²) < 4.78 is 6.29. The molecule has 1 aromatic heterocycles. The Morgan fingerprint density at radius 1 is 0.640 bits per heavy atom. The molecule has 1 aliphatic rings. The highest BCUT2D eigenvalue weighted by Gasteiger charge is 2.46. The number of furan rings is 1. The molecule has 0 radical (unpaired) electrons. The van der Waals surface area contributed by atoms with Gasteiger partial charge in [-0.1, -0.05) is 140 Å². The number of allylic oxidation sites excluding steroid dienone is 3. The van der Waals surface area contributed by atoms with Crippen LogP contribution in [0.4, 0.5) is 17.1 Å². The second-order valence-corrected chi connectivity index (χ2v) is 13.3. The van der Waals surface area contributed by atoms with Crippen LogP contribution in [0.15, 0.2) is 180 Å². The van der Waals surface area contributed by atoms with Crippen molar-refractivity contribution in [2.45, 2.75) is 25.7 Å². The molecule has 240 valence electrons. The van der Waals surface area contributed by atoms with Gasteiger partial charge in [-0.2, -0.15) is 0 Å². The first kappa shape index (κ1) is 30.0. The first-order valence-electron chi connectivity index (χ1n) is 17.4. The molecule has 0 saturated heterocycles. The molecule has 9 rings (SSSR count). The molecule has 1 heterocycles. The topological polar surface area (TPSA) is 16.4 Å². The van der Waals surface area contributed by atoms with Crippen molar-refractivity contribution in [3.8, 4) is 11.1 Å². The lowest BCUT2D eigenvalue weighted by Crippen LogP contribution is -2.29. The zero-order chi connectivity index (χ0) is 33.8. The Kier molecular flexibility index (Phi) is 7.07. The van der Waals surface area contributed by atoms with E-state index in [1.54, 1.807) is 0 Å². The van der Waals surface area contributed by atoms with Gasteiger partial charge in [-0.3, -0.25) is 0 Å². The average molecular weight is 644 g/mol. The largest absolute Gasteiger partial charge is 0.456 e. The zero-order valence-corrected chi connectivity index (χ0v) is 28.4. The van der Waals surface area contributed by atoms with E-state index in [1.165, 1.54) is 49.7 Å². The Hall–Kier alpha value is -6.12. The summed E-state index contributed by atoms with van der Waals surface area (Å²) in [6, 6.07) is 55.3. The molecule has 0 amide bonds. The lowest BCUT2D eigenvalue weighted by atomic mass is 9.66. The maximum atomic E-state index is 6.29. The van der Waals surface area contributed by atoms with Gasteiger partial charge >= 0.3 is 0 Å². The van der Waals surface area contributed by atoms with Crippen LogP contribution in [0.2, 0.25) is 0 Å². The molecular formula is C48H37NO. The number of rotatable bonds is 7. The normalized spacial score (nSPS) is 15.4. The Bertz CT molecular complexity index is 2620. The second-order valence-electron chi connectivity index (χ2n) is 13.3. The average Bonchev–Trinajstić information content (AvgIpc) is 3.67. The van der Waals surface area contributed by atoms with Crippen molar-refractivity contribution in [3.05, 3.63) is 198 Å². The summed E-state index contributed by atoms with van der Waals surface area (Å²) in [5.41, 5.74) is 13.6. The van der Waals surface area contributed by atoms with Crippen LogP contribution in [0.5, 0.6) is 0 Å². The Morgan fingerprint density at radius 3 is 2.16 bits per heavy atom. The van der Waals surface area contributed by atoms with Crippen molar-refractivity contribution in [1.29, 1.82) is 0 Å². The van der Waals surface area contributed by atoms with E-state index in [2.05, 4.69) is 171 Å². The fraction of sp³-hybridized carbons (Fsp3) is 0.0833. The molecule has 0 N–H and O–H groups in total. The lowest BCUT2D eigenvalue weighted by molar-refractivity contribution is 0.669. The Morgan fingerprint density at radius 2 is 1.32 bits per heavy atom. The number of hydrogen-bond donors (Lipinski definition) is 0. The third kappa shape index (κ3) is 4.42. The SMILES string of the molecule is C=C/C=C(\CC)C1(c2ccccc2)c2ccccc2-c2ccc(N(c3ccc4oc5ccccc5c4c3)c3cc(C)cc4ccccc34)cc21. The van der Waals surface area contributed by atoms with Gasteiger partial charge in [0.1, 0.15) is 11.2 Å². The number of anilines is 3. The van der Waals surface area contributed by atoms with Crippen LogP contribution < -0.4 is 4.90 Å². The first-order valence-corrected chi connectivity index (χ1v) is 17.4. The highest BCUT2D eigenvalue weighted by molar-refractivity contribution is 6.07. The van der Waals surface area contributed by atoms with E-state index in [1.807, 2.05) is 18.2 Å². The third-order valence-electron chi connectivity index (χ3n) is 10.5. The van der Waals surface area contributed by atoms with E-state index >= 15 is 0 Å². The van der Waals surface area contributed by atoms with Crippen molar-refractivity contribution in [2.75, 3.05) is 4.90 Å². The minimum atomic E-state index is -0.475. The monoisotopic (exact) mass is 643 g/mol. The van der Waals surface area contributed by atoms with Crippen molar-refractivity contribution in [3.63, 3.8) is 0 Å². The number of hydrogen-bond acceptors (Lipinski definition) is 2. The Labute approximate surface area is 293 Å². The van der Waals surface area contributed by atoms with Crippen molar-refractivity contribution in [2.24, 2.45) is 0 Å². The van der Waals surface area contributed by atoms with Gasteiger partial charge in [-0.15, -0.1) is 0 Å². The summed E-state index contributed by atoms with van der Waals surface area (Å²) in [6.45, 7) is 8.62. The van der Waals surface area contributed by atoms with Gasteiger partial charge in [0.15, 0.2) is 0 Å². The van der Waals surface area contributed by atoms with Crippen LogP contribution in [-0.2, 0) is 5.41 Å². The van der Waals surface area contributed by atoms with Gasteiger partial charge in [0.2, 0.25) is 0 Å². The van der Waals surface area contributed by atoms with Crippen molar-refractivity contribution >= 4 is 49.8 Å². The van der Waals surface area contributed by atoms with Crippen LogP contribution in [0.25, 0.3) is 43.8 Å². The van der Waals surface area contributed by atoms with Gasteiger partial charge in [-0.05, 0) is 94.6 Å². The standard InChI is InChI=1S/C48H37NO/c1-4-15-34(5-2)48(35-17-7-6-8-18-35)43-22-13-11-20-39(43)40-26-24-37(31-44(40)48)49(45-29-32(3)28-33-16-9-10-19-38(33)45)36-25-27-47-42(30-36)41-21-12-14-23-46(41)50-47/h4,6-31H,1,5H2,2-3H3/b34-15+. The van der Waals surface area contributed by atoms with E-state index in [-0.39, 0.29) is 0 Å². The Balaban J connectivity index is 1.37. The molecule has 0 saturated carbocycles. The van der Waals surface area contributed by atoms with Crippen LogP contribution >= 0.6 is 0 Å². The van der Waals surface area contributed by atoms with E-state index in [0.717, 1.165) is 45.4 Å². The molecule has 1 unspecified atom stereocenters. The number of fused-ring (bicyclic) bond motifs is 7. The van der Waals surface area contributed by atoms with E-state index in [4.69, 9.17) is 4.42 Å². The molecule has 0 bridgehead atoms. The second kappa shape index (κ2) is 11.8. The summed E-state index contributed by atoms with van der Waals surface area (Å²) in [5.74, 6) is 0. The van der Waals surface area contributed by atoms with Crippen molar-refractivity contribution in [1.82, 2.24) is 0 Å². The van der Waals surface area contributed by atoms with Gasteiger partial charge < -0.3 is 9.32 Å². The lowest BCUT2D eigenvalue weighted by Gasteiger charge is -2.36. The predicted octanol–water partition coefficient (Wildman–Crippen LogP) is 13.4. The highest BCUT2D eigenvalue weighted by atomic mass is 16.3. The molecule has 7 aromatic carbocycles. The van der Waals surface area contributed by atoms with Crippen LogP contribution in [-0.4, -0.2) is 0 Å². The molecule has 8 aromatic rings. The van der Waals surface area contributed by atoms with Gasteiger partial charge in [0, 0.05) is 27.5 Å². The molecule has 1 aliphatic carbocycles. The minimum Gasteiger partial charge on any atom is -0.456 e. The van der Waals surface area contributed by atoms with Gasteiger partial charge in [0.25, 0.3) is 0 Å². The number of aryl methyl sites for hydroxylation is 1. The van der Waals surface area contributed by atoms with Gasteiger partial charge in [0.05, 0.1) is 11.1 Å². The van der Waals surface area contributed by atoms with Gasteiger partial charge in [-0.25, -0.2) is 0 Å². The molecule has 2 nitrogen and oxygen atoms in total. The summed E-state index contributed by atoms with van der Waals surface area (Å²) in [4.78, 5) is 2.44. The summed E-state index contributed by atoms with van der Waals surface area (Å²) >= 11 is 0. The first-order chi connectivity index (χ1) is 24.6. The molecule has 1 atom stereocenters. The van der Waals surface area contributed by atoms with Crippen LogP contribution in [0, 0.1) is 6.92 Å². The number of nitrogens with zero attached hydrogens (tertiary/aromatic N) is 1. The fourth-order valence-electron chi connectivity index (χ4n) is 8.49. The summed E-state index contributed by atoms with van der Waals surface area (Å²) in [5, 5.41) is 4.65. The van der Waals surface area contributed by atoms with E-state index in [0.29, 0.717) is 0 Å². The molecule has 0 aliphatic heterocycles. The predicted molar refractivity (Wildman–Crippen MR) is 211 cm³/mol. The van der Waals surface area contributed by atoms with Crippen molar-refractivity contribution < 1.29 is 4.42 Å². The quantitative estimate of drug-likeness (QED) is 0.161. The van der Waals surface area contributed by atoms with E-state index in [9.17, 15) is 0 Å². The fourth-order valence-corrected chi connectivity index (χ4v) is 8.49. The summed E-state index contributed by atoms with van der Waals surface area (Å²) in [6.07, 6.45) is 5.06. The third-order valence-corrected chi connectivity index (χ3v) is 10.5. The molecule has 0 fully saturated rings. The van der Waals surface area contributed by atoms with Crippen LogP contribution in [0.3, 0.4) is 0 Å². The highest BCUT2D eigenvalue weighted by Crippen LogP contribution is 2.58. The number of benzene rings is 7. The molecular weight excluding hydrogens is 607 g/mol. The zero-order valence-electron chi connectivity index (χ0n) is 28.4. The number of para-hydroxylation sites is 1. The van der Waals surface area contributed by atoms with E-state index < -0.39 is 5.41 Å². The maximum absolute atomic E-state index is 6.29. The minimum absolute atomic E-state index is 0.475. The summed E-state index contributed by atoms with van der Waals surface area (Å²) in [7, 11) is 0. The smallest absolute Gasteiger partial charge is 0.135 e. The van der Waals surface area contributed by atoms with Crippen LogP contribution in [0.1, 0.15) is 35.6 Å². The molecule has 0 spiro atoms.